The molecule has 0 aromatic carbocycles. The lowest BCUT2D eigenvalue weighted by Crippen LogP contribution is -2.45. The number of halogens is 1. The van der Waals surface area contributed by atoms with Gasteiger partial charge in [0, 0.05) is 30.9 Å². The number of urea groups is 1. The Labute approximate surface area is 138 Å². The van der Waals surface area contributed by atoms with E-state index in [-0.39, 0.29) is 11.9 Å². The highest BCUT2D eigenvalue weighted by molar-refractivity contribution is 7.16. The maximum Gasteiger partial charge on any atom is 0.317 e. The van der Waals surface area contributed by atoms with Crippen molar-refractivity contribution >= 4 is 29.0 Å². The van der Waals surface area contributed by atoms with Crippen LogP contribution < -0.4 is 5.32 Å². The van der Waals surface area contributed by atoms with Gasteiger partial charge in [-0.05, 0) is 25.0 Å². The minimum atomic E-state index is -0.0311. The molecule has 1 N–H and O–H groups in total. The number of hydrogen-bond acceptors (Lipinski definition) is 4. The molecule has 2 amide bonds. The van der Waals surface area contributed by atoms with Crippen LogP contribution >= 0.6 is 22.9 Å². The minimum Gasteiger partial charge on any atom is -0.333 e. The predicted molar refractivity (Wildman–Crippen MR) is 86.1 cm³/mol. The van der Waals surface area contributed by atoms with Crippen molar-refractivity contribution in [1.82, 2.24) is 25.0 Å². The van der Waals surface area contributed by atoms with Crippen LogP contribution in [0.2, 0.25) is 4.34 Å². The molecule has 1 fully saturated rings. The number of amides is 2. The molecular weight excluding hydrogens is 322 g/mol. The first-order chi connectivity index (χ1) is 10.6. The smallest absolute Gasteiger partial charge is 0.317 e. The molecule has 0 bridgehead atoms. The summed E-state index contributed by atoms with van der Waals surface area (Å²) in [7, 11) is 1.94. The van der Waals surface area contributed by atoms with Crippen molar-refractivity contribution < 1.29 is 4.79 Å². The van der Waals surface area contributed by atoms with Crippen LogP contribution in [-0.2, 0) is 13.6 Å². The van der Waals surface area contributed by atoms with E-state index in [1.54, 1.807) is 6.33 Å². The molecule has 6 nitrogen and oxygen atoms in total. The molecule has 0 spiro atoms. The Hall–Kier alpha value is -1.60. The van der Waals surface area contributed by atoms with Crippen molar-refractivity contribution in [3.05, 3.63) is 33.5 Å². The highest BCUT2D eigenvalue weighted by atomic mass is 35.5. The lowest BCUT2D eigenvalue weighted by atomic mass is 9.97. The number of nitrogens with one attached hydrogen (secondary N) is 1. The summed E-state index contributed by atoms with van der Waals surface area (Å²) in [4.78, 5) is 15.2. The average molecular weight is 340 g/mol. The number of hydrogen-bond donors (Lipinski definition) is 1. The number of thiophene rings is 1. The number of rotatable bonds is 3. The number of piperidine rings is 1. The van der Waals surface area contributed by atoms with Gasteiger partial charge in [0.05, 0.1) is 10.9 Å². The first kappa shape index (κ1) is 15.3. The molecule has 3 rings (SSSR count). The molecule has 2 aromatic heterocycles. The summed E-state index contributed by atoms with van der Waals surface area (Å²) < 4.78 is 2.67. The highest BCUT2D eigenvalue weighted by Crippen LogP contribution is 2.25. The normalized spacial score (nSPS) is 18.5. The van der Waals surface area contributed by atoms with Gasteiger partial charge in [0.2, 0.25) is 0 Å². The van der Waals surface area contributed by atoms with Crippen LogP contribution in [0.4, 0.5) is 4.79 Å². The zero-order valence-corrected chi connectivity index (χ0v) is 13.9. The largest absolute Gasteiger partial charge is 0.333 e. The Morgan fingerprint density at radius 3 is 3.09 bits per heavy atom. The van der Waals surface area contributed by atoms with Gasteiger partial charge < -0.3 is 14.8 Å². The van der Waals surface area contributed by atoms with Gasteiger partial charge >= 0.3 is 6.03 Å². The van der Waals surface area contributed by atoms with Crippen LogP contribution in [0.1, 0.15) is 29.5 Å². The van der Waals surface area contributed by atoms with Gasteiger partial charge in [-0.3, -0.25) is 0 Å². The second-order valence-corrected chi connectivity index (χ2v) is 7.25. The van der Waals surface area contributed by atoms with E-state index in [0.29, 0.717) is 13.1 Å². The molecule has 1 aliphatic rings. The fourth-order valence-corrected chi connectivity index (χ4v) is 3.78. The maximum absolute atomic E-state index is 12.3. The lowest BCUT2D eigenvalue weighted by molar-refractivity contribution is 0.177. The predicted octanol–water partition coefficient (Wildman–Crippen LogP) is 2.62. The van der Waals surface area contributed by atoms with Crippen LogP contribution in [-0.4, -0.2) is 38.8 Å². The zero-order valence-electron chi connectivity index (χ0n) is 12.3. The first-order valence-electron chi connectivity index (χ1n) is 7.24. The summed E-state index contributed by atoms with van der Waals surface area (Å²) in [6, 6.07) is 3.75. The monoisotopic (exact) mass is 339 g/mol. The molecule has 0 unspecified atom stereocenters. The standard InChI is InChI=1S/C14H18ClN5OS/c1-19-9-17-18-13(19)10-3-2-6-20(8-10)14(21)16-7-11-4-5-12(15)22-11/h4-5,9-10H,2-3,6-8H2,1H3,(H,16,21)/t10-/m0/s1. The second kappa shape index (κ2) is 6.66. The van der Waals surface area contributed by atoms with Crippen LogP contribution in [0.15, 0.2) is 18.5 Å². The number of aryl methyl sites for hydroxylation is 1. The topological polar surface area (TPSA) is 63.1 Å². The van der Waals surface area contributed by atoms with Crippen LogP contribution in [0, 0.1) is 0 Å². The zero-order chi connectivity index (χ0) is 15.5. The Balaban J connectivity index is 1.57. The number of nitrogens with zero attached hydrogens (tertiary/aromatic N) is 4. The van der Waals surface area contributed by atoms with E-state index in [2.05, 4.69) is 15.5 Å². The number of carbonyl (C=O) groups is 1. The van der Waals surface area contributed by atoms with E-state index in [1.807, 2.05) is 28.6 Å². The summed E-state index contributed by atoms with van der Waals surface area (Å²) in [5.41, 5.74) is 0. The molecule has 0 saturated carbocycles. The molecule has 0 aliphatic carbocycles. The van der Waals surface area contributed by atoms with Gasteiger partial charge in [-0.2, -0.15) is 0 Å². The summed E-state index contributed by atoms with van der Waals surface area (Å²) in [6.07, 6.45) is 3.72. The van der Waals surface area contributed by atoms with E-state index >= 15 is 0 Å². The molecule has 1 aliphatic heterocycles. The van der Waals surface area contributed by atoms with E-state index in [0.717, 1.165) is 34.4 Å². The molecule has 2 aromatic rings. The summed E-state index contributed by atoms with van der Waals surface area (Å²) in [5.74, 6) is 1.20. The van der Waals surface area contributed by atoms with E-state index in [4.69, 9.17) is 11.6 Å². The van der Waals surface area contributed by atoms with Gasteiger partial charge in [-0.15, -0.1) is 21.5 Å². The molecular formula is C14H18ClN5OS. The molecule has 22 heavy (non-hydrogen) atoms. The summed E-state index contributed by atoms with van der Waals surface area (Å²) >= 11 is 7.38. The Morgan fingerprint density at radius 2 is 2.41 bits per heavy atom. The third-order valence-electron chi connectivity index (χ3n) is 3.86. The molecule has 1 atom stereocenters. The molecule has 0 radical (unpaired) electrons. The average Bonchev–Trinajstić information content (AvgIpc) is 3.13. The van der Waals surface area contributed by atoms with E-state index in [1.165, 1.54) is 11.3 Å². The van der Waals surface area contributed by atoms with Gasteiger partial charge in [-0.25, -0.2) is 4.79 Å². The third-order valence-corrected chi connectivity index (χ3v) is 5.09. The van der Waals surface area contributed by atoms with E-state index in [9.17, 15) is 4.79 Å². The number of aromatic nitrogens is 3. The van der Waals surface area contributed by atoms with Gasteiger partial charge in [0.15, 0.2) is 0 Å². The molecule has 118 valence electrons. The van der Waals surface area contributed by atoms with E-state index < -0.39 is 0 Å². The number of likely N-dealkylation sites (tertiary alicyclic amines) is 1. The van der Waals surface area contributed by atoms with Crippen LogP contribution in [0.25, 0.3) is 0 Å². The highest BCUT2D eigenvalue weighted by Gasteiger charge is 2.27. The number of carbonyl (C=O) groups excluding carboxylic acids is 1. The quantitative estimate of drug-likeness (QED) is 0.935. The van der Waals surface area contributed by atoms with Crippen molar-refractivity contribution in [2.75, 3.05) is 13.1 Å². The fraction of sp³-hybridized carbons (Fsp3) is 0.500. The van der Waals surface area contributed by atoms with Crippen molar-refractivity contribution in [1.29, 1.82) is 0 Å². The van der Waals surface area contributed by atoms with Gasteiger partial charge in [0.25, 0.3) is 0 Å². The third kappa shape index (κ3) is 3.41. The van der Waals surface area contributed by atoms with Crippen molar-refractivity contribution in [2.24, 2.45) is 7.05 Å². The van der Waals surface area contributed by atoms with Gasteiger partial charge in [-0.1, -0.05) is 11.6 Å². The molecule has 3 heterocycles. The fourth-order valence-electron chi connectivity index (χ4n) is 2.76. The summed E-state index contributed by atoms with van der Waals surface area (Å²) in [5, 5.41) is 11.1. The van der Waals surface area contributed by atoms with Crippen molar-refractivity contribution in [2.45, 2.75) is 25.3 Å². The summed E-state index contributed by atoms with van der Waals surface area (Å²) in [6.45, 7) is 1.98. The molecule has 1 saturated heterocycles. The minimum absolute atomic E-state index is 0.0311. The Morgan fingerprint density at radius 1 is 1.55 bits per heavy atom. The first-order valence-corrected chi connectivity index (χ1v) is 8.44. The Kier molecular flexibility index (Phi) is 4.63. The van der Waals surface area contributed by atoms with Crippen LogP contribution in [0.3, 0.4) is 0 Å². The Bertz CT molecular complexity index is 655. The molecule has 8 heteroatoms. The van der Waals surface area contributed by atoms with Crippen LogP contribution in [0.5, 0.6) is 0 Å². The maximum atomic E-state index is 12.3. The second-order valence-electron chi connectivity index (χ2n) is 5.45. The van der Waals surface area contributed by atoms with Gasteiger partial charge in [0.1, 0.15) is 12.2 Å². The van der Waals surface area contributed by atoms with Crippen molar-refractivity contribution in [3.8, 4) is 0 Å². The lowest BCUT2D eigenvalue weighted by Gasteiger charge is -2.32. The van der Waals surface area contributed by atoms with Crippen molar-refractivity contribution in [3.63, 3.8) is 0 Å². The SMILES string of the molecule is Cn1cnnc1[C@H]1CCCN(C(=O)NCc2ccc(Cl)s2)C1.